The molecule has 0 radical (unpaired) electrons. The molecule has 1 aromatic rings. The van der Waals surface area contributed by atoms with Crippen LogP contribution in [0.1, 0.15) is 60.9 Å². The topological polar surface area (TPSA) is 37.3 Å². The van der Waals surface area contributed by atoms with Gasteiger partial charge in [-0.2, -0.15) is 0 Å². The van der Waals surface area contributed by atoms with Crippen LogP contribution >= 0.6 is 0 Å². The molecule has 0 bridgehead atoms. The summed E-state index contributed by atoms with van der Waals surface area (Å²) in [5.74, 6) is 0.278. The maximum Gasteiger partial charge on any atom is 0.166 e. The van der Waals surface area contributed by atoms with Crippen molar-refractivity contribution >= 4 is 5.78 Å². The highest BCUT2D eigenvalue weighted by Gasteiger charge is 2.37. The monoisotopic (exact) mass is 258 g/mol. The van der Waals surface area contributed by atoms with Crippen LogP contribution in [0.2, 0.25) is 0 Å². The molecule has 2 heteroatoms. The van der Waals surface area contributed by atoms with E-state index in [1.165, 1.54) is 5.56 Å². The molecule has 2 aliphatic carbocycles. The minimum atomic E-state index is -0.570. The summed E-state index contributed by atoms with van der Waals surface area (Å²) >= 11 is 0. The number of fused-ring (bicyclic) bond motifs is 1. The fourth-order valence-corrected chi connectivity index (χ4v) is 3.76. The quantitative estimate of drug-likeness (QED) is 0.824. The van der Waals surface area contributed by atoms with Crippen LogP contribution in [0.25, 0.3) is 0 Å². The largest absolute Gasteiger partial charge is 0.390 e. The number of ketones is 1. The molecule has 0 spiro atoms. The third-order valence-corrected chi connectivity index (χ3v) is 4.81. The molecule has 19 heavy (non-hydrogen) atoms. The summed E-state index contributed by atoms with van der Waals surface area (Å²) in [6.07, 6.45) is 7.61. The van der Waals surface area contributed by atoms with Crippen molar-refractivity contribution < 1.29 is 9.90 Å². The molecule has 2 nitrogen and oxygen atoms in total. The molecule has 1 atom stereocenters. The molecule has 3 rings (SSSR count). The number of carbonyl (C=O) groups excluding carboxylic acids is 1. The normalized spacial score (nSPS) is 25.9. The van der Waals surface area contributed by atoms with E-state index >= 15 is 0 Å². The Morgan fingerprint density at radius 1 is 1.16 bits per heavy atom. The van der Waals surface area contributed by atoms with E-state index in [0.29, 0.717) is 6.42 Å². The Morgan fingerprint density at radius 2 is 1.89 bits per heavy atom. The lowest BCUT2D eigenvalue weighted by Gasteiger charge is -2.26. The van der Waals surface area contributed by atoms with Crippen molar-refractivity contribution in [2.45, 2.75) is 57.0 Å². The average molecular weight is 258 g/mol. The SMILES string of the molecule is O=C1c2ccccc2CCCC1CC1(O)CCCC1. The molecule has 0 heterocycles. The lowest BCUT2D eigenvalue weighted by Crippen LogP contribution is -2.30. The molecule has 1 aromatic carbocycles. The molecule has 0 amide bonds. The lowest BCUT2D eigenvalue weighted by atomic mass is 9.83. The fourth-order valence-electron chi connectivity index (χ4n) is 3.76. The van der Waals surface area contributed by atoms with Gasteiger partial charge in [-0.05, 0) is 44.1 Å². The van der Waals surface area contributed by atoms with Gasteiger partial charge in [0.1, 0.15) is 0 Å². The third kappa shape index (κ3) is 2.59. The van der Waals surface area contributed by atoms with Gasteiger partial charge in [0.2, 0.25) is 0 Å². The Bertz CT molecular complexity index is 472. The van der Waals surface area contributed by atoms with E-state index in [1.807, 2.05) is 18.2 Å². The zero-order valence-electron chi connectivity index (χ0n) is 11.4. The third-order valence-electron chi connectivity index (χ3n) is 4.81. The molecule has 0 aliphatic heterocycles. The first-order valence-corrected chi connectivity index (χ1v) is 7.52. The van der Waals surface area contributed by atoms with Crippen LogP contribution in [-0.2, 0) is 6.42 Å². The highest BCUT2D eigenvalue weighted by atomic mass is 16.3. The van der Waals surface area contributed by atoms with Gasteiger partial charge >= 0.3 is 0 Å². The number of hydrogen-bond acceptors (Lipinski definition) is 2. The number of aliphatic hydroxyl groups is 1. The summed E-state index contributed by atoms with van der Waals surface area (Å²) in [6.45, 7) is 0. The molecule has 0 saturated heterocycles. The standard InChI is InChI=1S/C17H22O2/c18-16-14(12-17(19)10-3-4-11-17)8-5-7-13-6-1-2-9-15(13)16/h1-2,6,9,14,19H,3-5,7-8,10-12H2. The molecule has 1 fully saturated rings. The summed E-state index contributed by atoms with van der Waals surface area (Å²) in [4.78, 5) is 12.7. The smallest absolute Gasteiger partial charge is 0.166 e. The van der Waals surface area contributed by atoms with Crippen LogP contribution in [0.4, 0.5) is 0 Å². The Labute approximate surface area is 114 Å². The Kier molecular flexibility index (Phi) is 3.44. The van der Waals surface area contributed by atoms with E-state index in [4.69, 9.17) is 0 Å². The molecule has 2 aliphatic rings. The van der Waals surface area contributed by atoms with Gasteiger partial charge < -0.3 is 5.11 Å². The van der Waals surface area contributed by atoms with Gasteiger partial charge in [0.05, 0.1) is 5.60 Å². The predicted molar refractivity (Wildman–Crippen MR) is 75.2 cm³/mol. The first-order chi connectivity index (χ1) is 9.18. The van der Waals surface area contributed by atoms with Crippen LogP contribution in [0.3, 0.4) is 0 Å². The van der Waals surface area contributed by atoms with Gasteiger partial charge in [0, 0.05) is 11.5 Å². The summed E-state index contributed by atoms with van der Waals surface area (Å²) in [5.41, 5.74) is 1.51. The Morgan fingerprint density at radius 3 is 2.68 bits per heavy atom. The summed E-state index contributed by atoms with van der Waals surface area (Å²) in [6, 6.07) is 7.98. The number of aryl methyl sites for hydroxylation is 1. The zero-order valence-corrected chi connectivity index (χ0v) is 11.4. The van der Waals surface area contributed by atoms with E-state index in [9.17, 15) is 9.90 Å². The van der Waals surface area contributed by atoms with E-state index in [2.05, 4.69) is 6.07 Å². The van der Waals surface area contributed by atoms with Crippen molar-refractivity contribution in [3.8, 4) is 0 Å². The average Bonchev–Trinajstić information content (AvgIpc) is 2.77. The van der Waals surface area contributed by atoms with Gasteiger partial charge in [-0.3, -0.25) is 4.79 Å². The van der Waals surface area contributed by atoms with Crippen LogP contribution in [0.15, 0.2) is 24.3 Å². The molecule has 1 saturated carbocycles. The van der Waals surface area contributed by atoms with Gasteiger partial charge in [0.25, 0.3) is 0 Å². The van der Waals surface area contributed by atoms with Crippen molar-refractivity contribution in [1.82, 2.24) is 0 Å². The first-order valence-electron chi connectivity index (χ1n) is 7.52. The van der Waals surface area contributed by atoms with Crippen molar-refractivity contribution in [1.29, 1.82) is 0 Å². The second-order valence-corrected chi connectivity index (χ2v) is 6.25. The van der Waals surface area contributed by atoms with Crippen molar-refractivity contribution in [2.75, 3.05) is 0 Å². The Balaban J connectivity index is 1.82. The molecule has 1 unspecified atom stereocenters. The van der Waals surface area contributed by atoms with Crippen molar-refractivity contribution in [3.05, 3.63) is 35.4 Å². The van der Waals surface area contributed by atoms with Gasteiger partial charge in [-0.15, -0.1) is 0 Å². The second-order valence-electron chi connectivity index (χ2n) is 6.25. The maximum absolute atomic E-state index is 12.7. The van der Waals surface area contributed by atoms with Gasteiger partial charge in [-0.25, -0.2) is 0 Å². The van der Waals surface area contributed by atoms with Gasteiger partial charge in [0.15, 0.2) is 5.78 Å². The number of rotatable bonds is 2. The van der Waals surface area contributed by atoms with Crippen LogP contribution in [0, 0.1) is 5.92 Å². The van der Waals surface area contributed by atoms with Crippen LogP contribution in [0.5, 0.6) is 0 Å². The molecular formula is C17H22O2. The lowest BCUT2D eigenvalue weighted by molar-refractivity contribution is 0.0208. The summed E-state index contributed by atoms with van der Waals surface area (Å²) in [5, 5.41) is 10.5. The summed E-state index contributed by atoms with van der Waals surface area (Å²) < 4.78 is 0. The number of Topliss-reactive ketones (excluding diaryl/α,β-unsaturated/α-hetero) is 1. The van der Waals surface area contributed by atoms with Crippen molar-refractivity contribution in [3.63, 3.8) is 0 Å². The number of hydrogen-bond donors (Lipinski definition) is 1. The molecule has 0 aromatic heterocycles. The minimum Gasteiger partial charge on any atom is -0.390 e. The van der Waals surface area contributed by atoms with E-state index < -0.39 is 5.60 Å². The highest BCUT2D eigenvalue weighted by Crippen LogP contribution is 2.38. The van der Waals surface area contributed by atoms with E-state index in [1.54, 1.807) is 0 Å². The Hall–Kier alpha value is -1.15. The predicted octanol–water partition coefficient (Wildman–Crippen LogP) is 3.52. The van der Waals surface area contributed by atoms with E-state index in [-0.39, 0.29) is 11.7 Å². The second kappa shape index (κ2) is 5.09. The fraction of sp³-hybridized carbons (Fsp3) is 0.588. The minimum absolute atomic E-state index is 0.0201. The summed E-state index contributed by atoms with van der Waals surface area (Å²) in [7, 11) is 0. The molecule has 1 N–H and O–H groups in total. The number of carbonyl (C=O) groups is 1. The maximum atomic E-state index is 12.7. The molecular weight excluding hydrogens is 236 g/mol. The van der Waals surface area contributed by atoms with Gasteiger partial charge in [-0.1, -0.05) is 37.1 Å². The van der Waals surface area contributed by atoms with Crippen LogP contribution in [-0.4, -0.2) is 16.5 Å². The van der Waals surface area contributed by atoms with E-state index in [0.717, 1.165) is 50.5 Å². The first kappa shape index (κ1) is 12.9. The number of benzene rings is 1. The molecule has 102 valence electrons. The zero-order chi connectivity index (χ0) is 13.3. The highest BCUT2D eigenvalue weighted by molar-refractivity contribution is 5.99. The van der Waals surface area contributed by atoms with Crippen LogP contribution < -0.4 is 0 Å². The van der Waals surface area contributed by atoms with Crippen molar-refractivity contribution in [2.24, 2.45) is 5.92 Å².